The van der Waals surface area contributed by atoms with Crippen LogP contribution in [-0.4, -0.2) is 64.7 Å². The summed E-state index contributed by atoms with van der Waals surface area (Å²) in [5, 5.41) is 3.84. The number of hydrogen-bond acceptors (Lipinski definition) is 6. The number of likely N-dealkylation sites (tertiary alicyclic amines) is 2. The van der Waals surface area contributed by atoms with Gasteiger partial charge in [0.05, 0.1) is 12.1 Å². The number of carbonyl (C=O) groups excluding carboxylic acids is 1. The topological polar surface area (TPSA) is 71.7 Å². The fourth-order valence-electron chi connectivity index (χ4n) is 3.99. The Labute approximate surface area is 152 Å². The smallest absolute Gasteiger partial charge is 0.276 e. The molecule has 2 aromatic heterocycles. The van der Waals surface area contributed by atoms with Crippen molar-refractivity contribution in [1.82, 2.24) is 19.9 Å². The van der Waals surface area contributed by atoms with Gasteiger partial charge in [-0.3, -0.25) is 9.69 Å². The molecule has 2 fully saturated rings. The summed E-state index contributed by atoms with van der Waals surface area (Å²) in [6.07, 6.45) is 3.87. The number of likely N-dealkylation sites (N-methyl/N-ethyl adjacent to an activating group) is 1. The number of ether oxygens (including phenoxy) is 1. The maximum Gasteiger partial charge on any atom is 0.276 e. The van der Waals surface area contributed by atoms with Gasteiger partial charge in [0.15, 0.2) is 5.69 Å². The third-order valence-corrected chi connectivity index (χ3v) is 5.56. The van der Waals surface area contributed by atoms with Crippen LogP contribution in [0.2, 0.25) is 0 Å². The fraction of sp³-hybridized carbons (Fsp3) is 0.526. The average molecular weight is 356 g/mol. The minimum atomic E-state index is -0.0484. The molecule has 4 heterocycles. The van der Waals surface area contributed by atoms with Crippen LogP contribution < -0.4 is 4.74 Å². The van der Waals surface area contributed by atoms with Crippen LogP contribution in [0, 0.1) is 12.8 Å². The lowest BCUT2D eigenvalue weighted by atomic mass is 9.75. The molecule has 138 valence electrons. The number of piperidine rings is 1. The van der Waals surface area contributed by atoms with E-state index >= 15 is 0 Å². The van der Waals surface area contributed by atoms with Crippen LogP contribution >= 0.6 is 0 Å². The normalized spacial score (nSPS) is 22.2. The van der Waals surface area contributed by atoms with Gasteiger partial charge in [-0.15, -0.1) is 0 Å². The van der Waals surface area contributed by atoms with Crippen molar-refractivity contribution >= 4 is 5.91 Å². The Hall–Kier alpha value is -2.41. The maximum absolute atomic E-state index is 12.5. The largest absolute Gasteiger partial charge is 0.477 e. The quantitative estimate of drug-likeness (QED) is 0.834. The predicted octanol–water partition coefficient (Wildman–Crippen LogP) is 1.99. The van der Waals surface area contributed by atoms with E-state index in [1.54, 1.807) is 19.2 Å². The zero-order valence-electron chi connectivity index (χ0n) is 15.2. The maximum atomic E-state index is 12.5. The Balaban J connectivity index is 1.35. The molecule has 7 heteroatoms. The van der Waals surface area contributed by atoms with Crippen LogP contribution in [0.4, 0.5) is 0 Å². The molecule has 1 unspecified atom stereocenters. The summed E-state index contributed by atoms with van der Waals surface area (Å²) in [5.74, 6) is 1.75. The third-order valence-electron chi connectivity index (χ3n) is 5.56. The van der Waals surface area contributed by atoms with E-state index in [4.69, 9.17) is 9.26 Å². The number of nitrogens with zero attached hydrogens (tertiary/aromatic N) is 4. The first-order valence-corrected chi connectivity index (χ1v) is 9.03. The predicted molar refractivity (Wildman–Crippen MR) is 95.0 cm³/mol. The summed E-state index contributed by atoms with van der Waals surface area (Å²) in [7, 11) is 2.15. The Bertz CT molecular complexity index is 770. The highest BCUT2D eigenvalue weighted by Crippen LogP contribution is 2.38. The zero-order valence-corrected chi connectivity index (χ0v) is 15.2. The third kappa shape index (κ3) is 3.19. The molecule has 2 aromatic rings. The van der Waals surface area contributed by atoms with E-state index in [1.807, 2.05) is 23.1 Å². The van der Waals surface area contributed by atoms with Crippen molar-refractivity contribution in [3.8, 4) is 5.88 Å². The molecule has 2 aliphatic rings. The molecule has 4 rings (SSSR count). The summed E-state index contributed by atoms with van der Waals surface area (Å²) < 4.78 is 10.9. The molecule has 2 aliphatic heterocycles. The van der Waals surface area contributed by atoms with Crippen LogP contribution in [0.5, 0.6) is 5.88 Å². The van der Waals surface area contributed by atoms with Gasteiger partial charge in [0.25, 0.3) is 5.91 Å². The van der Waals surface area contributed by atoms with Crippen LogP contribution in [0.15, 0.2) is 35.0 Å². The molecule has 0 aromatic carbocycles. The van der Waals surface area contributed by atoms with Crippen molar-refractivity contribution in [1.29, 1.82) is 0 Å². The number of aryl methyl sites for hydroxylation is 1. The molecular weight excluding hydrogens is 332 g/mol. The van der Waals surface area contributed by atoms with Crippen LogP contribution in [0.25, 0.3) is 0 Å². The summed E-state index contributed by atoms with van der Waals surface area (Å²) in [4.78, 5) is 21.0. The molecule has 0 radical (unpaired) electrons. The van der Waals surface area contributed by atoms with Crippen molar-refractivity contribution in [2.24, 2.45) is 5.92 Å². The van der Waals surface area contributed by atoms with E-state index in [-0.39, 0.29) is 11.4 Å². The lowest BCUT2D eigenvalue weighted by Gasteiger charge is -2.58. The van der Waals surface area contributed by atoms with E-state index in [0.29, 0.717) is 29.9 Å². The van der Waals surface area contributed by atoms with Crippen LogP contribution in [0.3, 0.4) is 0 Å². The highest BCUT2D eigenvalue weighted by Gasteiger charge is 2.51. The van der Waals surface area contributed by atoms with Crippen LogP contribution in [0.1, 0.15) is 29.1 Å². The Morgan fingerprint density at radius 3 is 2.96 bits per heavy atom. The van der Waals surface area contributed by atoms with Crippen LogP contribution in [-0.2, 0) is 0 Å². The first-order valence-electron chi connectivity index (χ1n) is 9.03. The number of rotatable bonds is 4. The summed E-state index contributed by atoms with van der Waals surface area (Å²) in [6, 6.07) is 7.39. The average Bonchev–Trinajstić information content (AvgIpc) is 3.06. The Morgan fingerprint density at radius 1 is 1.42 bits per heavy atom. The second-order valence-electron chi connectivity index (χ2n) is 7.47. The lowest BCUT2D eigenvalue weighted by molar-refractivity contribution is -0.0698. The summed E-state index contributed by atoms with van der Waals surface area (Å²) in [5.41, 5.74) is 0.441. The molecule has 1 amide bonds. The molecular formula is C19H24N4O3. The molecule has 0 aliphatic carbocycles. The Morgan fingerprint density at radius 2 is 2.27 bits per heavy atom. The number of hydrogen-bond donors (Lipinski definition) is 0. The van der Waals surface area contributed by atoms with Gasteiger partial charge in [-0.25, -0.2) is 4.98 Å². The molecule has 0 saturated carbocycles. The van der Waals surface area contributed by atoms with Gasteiger partial charge in [-0.05, 0) is 45.3 Å². The lowest BCUT2D eigenvalue weighted by Crippen LogP contribution is -2.72. The van der Waals surface area contributed by atoms with Gasteiger partial charge < -0.3 is 14.2 Å². The van der Waals surface area contributed by atoms with E-state index in [2.05, 4.69) is 22.1 Å². The SMILES string of the molecule is Cc1cc(C(=O)N2CC3(CC(COc4ccccn4)CCN3C)C2)no1. The molecule has 26 heavy (non-hydrogen) atoms. The van der Waals surface area contributed by atoms with Gasteiger partial charge in [0.1, 0.15) is 5.76 Å². The van der Waals surface area contributed by atoms with Gasteiger partial charge >= 0.3 is 0 Å². The number of aromatic nitrogens is 2. The monoisotopic (exact) mass is 356 g/mol. The summed E-state index contributed by atoms with van der Waals surface area (Å²) >= 11 is 0. The van der Waals surface area contributed by atoms with Gasteiger partial charge in [0.2, 0.25) is 5.88 Å². The number of amides is 1. The first kappa shape index (κ1) is 17.0. The summed E-state index contributed by atoms with van der Waals surface area (Å²) in [6.45, 7) is 4.94. The minimum Gasteiger partial charge on any atom is -0.477 e. The molecule has 0 N–H and O–H groups in total. The minimum absolute atomic E-state index is 0.0465. The second kappa shape index (κ2) is 6.72. The van der Waals surface area contributed by atoms with Crippen molar-refractivity contribution in [2.45, 2.75) is 25.3 Å². The Kier molecular flexibility index (Phi) is 4.40. The first-order chi connectivity index (χ1) is 12.6. The fourth-order valence-corrected chi connectivity index (χ4v) is 3.99. The van der Waals surface area contributed by atoms with Crippen molar-refractivity contribution in [3.63, 3.8) is 0 Å². The standard InChI is InChI=1S/C19H24N4O3/c1-14-9-16(21-26-14)18(24)23-12-19(13-23)10-15(6-8-22(19)2)11-25-17-5-3-4-7-20-17/h3-5,7,9,15H,6,8,10-13H2,1-2H3. The molecule has 1 spiro atoms. The van der Waals surface area contributed by atoms with Crippen molar-refractivity contribution in [2.75, 3.05) is 33.3 Å². The molecule has 0 bridgehead atoms. The zero-order chi connectivity index (χ0) is 18.1. The highest BCUT2D eigenvalue weighted by atomic mass is 16.5. The van der Waals surface area contributed by atoms with Crippen molar-refractivity contribution < 1.29 is 14.1 Å². The number of pyridine rings is 1. The molecule has 1 atom stereocenters. The second-order valence-corrected chi connectivity index (χ2v) is 7.47. The highest BCUT2D eigenvalue weighted by molar-refractivity contribution is 5.93. The molecule has 7 nitrogen and oxygen atoms in total. The van der Waals surface area contributed by atoms with Gasteiger partial charge in [0, 0.05) is 31.4 Å². The van der Waals surface area contributed by atoms with E-state index in [0.717, 1.165) is 32.5 Å². The van der Waals surface area contributed by atoms with E-state index < -0.39 is 0 Å². The van der Waals surface area contributed by atoms with Gasteiger partial charge in [-0.1, -0.05) is 11.2 Å². The van der Waals surface area contributed by atoms with Crippen molar-refractivity contribution in [3.05, 3.63) is 41.9 Å². The van der Waals surface area contributed by atoms with Gasteiger partial charge in [-0.2, -0.15) is 0 Å². The van der Waals surface area contributed by atoms with E-state index in [9.17, 15) is 4.79 Å². The van der Waals surface area contributed by atoms with E-state index in [1.165, 1.54) is 0 Å². The molecule has 2 saturated heterocycles. The number of carbonyl (C=O) groups is 1.